The average Bonchev–Trinajstić information content (AvgIpc) is 2.59. The molecule has 0 saturated heterocycles. The highest BCUT2D eigenvalue weighted by Crippen LogP contribution is 2.36. The molecule has 0 aliphatic rings. The number of rotatable bonds is 1. The zero-order valence-corrected chi connectivity index (χ0v) is 10.6. The van der Waals surface area contributed by atoms with Gasteiger partial charge in [-0.2, -0.15) is 5.26 Å². The van der Waals surface area contributed by atoms with Crippen LogP contribution in [0.25, 0.3) is 10.1 Å². The summed E-state index contributed by atoms with van der Waals surface area (Å²) in [5, 5.41) is 12.2. The molecule has 0 spiro atoms. The van der Waals surface area contributed by atoms with Crippen LogP contribution in [0.5, 0.6) is 0 Å². The summed E-state index contributed by atoms with van der Waals surface area (Å²) in [6.45, 7) is 0. The summed E-state index contributed by atoms with van der Waals surface area (Å²) in [6.07, 6.45) is 2.05. The van der Waals surface area contributed by atoms with Crippen LogP contribution in [0, 0.1) is 11.3 Å². The van der Waals surface area contributed by atoms with E-state index in [4.69, 9.17) is 5.26 Å². The predicted octanol–water partition coefficient (Wildman–Crippen LogP) is 4.26. The average molecular weight is 284 g/mol. The molecule has 0 bridgehead atoms. The molecule has 4 heteroatoms. The van der Waals surface area contributed by atoms with Crippen LogP contribution in [0.2, 0.25) is 0 Å². The van der Waals surface area contributed by atoms with E-state index in [1.807, 2.05) is 6.07 Å². The van der Waals surface area contributed by atoms with Gasteiger partial charge < -0.3 is 0 Å². The number of thiophene rings is 1. The van der Waals surface area contributed by atoms with Gasteiger partial charge in [-0.05, 0) is 18.4 Å². The zero-order chi connectivity index (χ0) is 10.1. The van der Waals surface area contributed by atoms with Crippen LogP contribution in [0.3, 0.4) is 0 Å². The van der Waals surface area contributed by atoms with Crippen LogP contribution in [-0.2, 0) is 0 Å². The van der Waals surface area contributed by atoms with E-state index in [9.17, 15) is 0 Å². The van der Waals surface area contributed by atoms with E-state index in [-0.39, 0.29) is 0 Å². The molecule has 2 rings (SSSR count). The van der Waals surface area contributed by atoms with E-state index in [2.05, 4.69) is 39.7 Å². The maximum atomic E-state index is 8.97. The molecule has 0 aliphatic heterocycles. The minimum atomic E-state index is 0.750. The van der Waals surface area contributed by atoms with Crippen molar-refractivity contribution in [3.05, 3.63) is 27.5 Å². The Labute approximate surface area is 98.9 Å². The minimum Gasteiger partial charge on any atom is -0.192 e. The SMILES string of the molecule is CSc1csc2c(C#N)cc(Br)cc12. The normalized spacial score (nSPS) is 10.4. The Morgan fingerprint density at radius 2 is 2.29 bits per heavy atom. The Kier molecular flexibility index (Phi) is 2.82. The molecule has 0 amide bonds. The molecule has 70 valence electrons. The summed E-state index contributed by atoms with van der Waals surface area (Å²) in [6, 6.07) is 6.15. The summed E-state index contributed by atoms with van der Waals surface area (Å²) < 4.78 is 2.05. The molecule has 0 N–H and O–H groups in total. The maximum Gasteiger partial charge on any atom is 0.101 e. The summed E-state index contributed by atoms with van der Waals surface area (Å²) in [4.78, 5) is 1.24. The zero-order valence-electron chi connectivity index (χ0n) is 7.37. The number of nitriles is 1. The summed E-state index contributed by atoms with van der Waals surface area (Å²) >= 11 is 6.76. The van der Waals surface area contributed by atoms with E-state index >= 15 is 0 Å². The summed E-state index contributed by atoms with van der Waals surface area (Å²) in [5.41, 5.74) is 0.750. The lowest BCUT2D eigenvalue weighted by atomic mass is 10.2. The Morgan fingerprint density at radius 1 is 1.50 bits per heavy atom. The smallest absolute Gasteiger partial charge is 0.101 e. The Balaban J connectivity index is 2.85. The number of nitrogens with zero attached hydrogens (tertiary/aromatic N) is 1. The number of hydrogen-bond donors (Lipinski definition) is 0. The van der Waals surface area contributed by atoms with Gasteiger partial charge in [0.15, 0.2) is 0 Å². The third-order valence-electron chi connectivity index (χ3n) is 1.94. The second-order valence-electron chi connectivity index (χ2n) is 2.75. The number of fused-ring (bicyclic) bond motifs is 1. The quantitative estimate of drug-likeness (QED) is 0.731. The molecule has 0 saturated carbocycles. The van der Waals surface area contributed by atoms with Crippen molar-refractivity contribution in [1.29, 1.82) is 5.26 Å². The molecule has 2 aromatic rings. The largest absolute Gasteiger partial charge is 0.192 e. The van der Waals surface area contributed by atoms with Gasteiger partial charge in [0.05, 0.1) is 10.3 Å². The van der Waals surface area contributed by atoms with Gasteiger partial charge in [0, 0.05) is 20.1 Å². The Morgan fingerprint density at radius 3 is 2.93 bits per heavy atom. The molecule has 0 radical (unpaired) electrons. The number of halogens is 1. The standard InChI is InChI=1S/C10H6BrNS2/c1-13-9-5-14-10-6(4-12)2-7(11)3-8(9)10/h2-3,5H,1H3. The van der Waals surface area contributed by atoms with Crippen LogP contribution in [0.15, 0.2) is 26.9 Å². The third kappa shape index (κ3) is 1.56. The summed E-state index contributed by atoms with van der Waals surface area (Å²) in [7, 11) is 0. The van der Waals surface area contributed by atoms with Crippen molar-refractivity contribution in [1.82, 2.24) is 0 Å². The van der Waals surface area contributed by atoms with Gasteiger partial charge >= 0.3 is 0 Å². The fraction of sp³-hybridized carbons (Fsp3) is 0.100. The number of hydrogen-bond acceptors (Lipinski definition) is 3. The first-order valence-electron chi connectivity index (χ1n) is 3.91. The predicted molar refractivity (Wildman–Crippen MR) is 66.0 cm³/mol. The first-order valence-corrected chi connectivity index (χ1v) is 6.81. The van der Waals surface area contributed by atoms with Gasteiger partial charge in [-0.15, -0.1) is 23.1 Å². The lowest BCUT2D eigenvalue weighted by Crippen LogP contribution is -1.76. The molecular weight excluding hydrogens is 278 g/mol. The van der Waals surface area contributed by atoms with Gasteiger partial charge in [-0.25, -0.2) is 0 Å². The lowest BCUT2D eigenvalue weighted by Gasteiger charge is -1.97. The van der Waals surface area contributed by atoms with Crippen molar-refractivity contribution >= 4 is 49.1 Å². The van der Waals surface area contributed by atoms with E-state index in [1.165, 1.54) is 10.3 Å². The van der Waals surface area contributed by atoms with Crippen LogP contribution >= 0.6 is 39.0 Å². The van der Waals surface area contributed by atoms with Crippen molar-refractivity contribution in [2.24, 2.45) is 0 Å². The van der Waals surface area contributed by atoms with Gasteiger partial charge in [0.2, 0.25) is 0 Å². The molecule has 0 aliphatic carbocycles. The third-order valence-corrected chi connectivity index (χ3v) is 4.36. The molecule has 1 nitrogen and oxygen atoms in total. The molecule has 1 heterocycles. The van der Waals surface area contributed by atoms with Crippen LogP contribution in [0.4, 0.5) is 0 Å². The maximum absolute atomic E-state index is 8.97. The summed E-state index contributed by atoms with van der Waals surface area (Å²) in [5.74, 6) is 0. The van der Waals surface area contributed by atoms with E-state index in [0.717, 1.165) is 14.7 Å². The van der Waals surface area contributed by atoms with Crippen molar-refractivity contribution < 1.29 is 0 Å². The van der Waals surface area contributed by atoms with Crippen LogP contribution < -0.4 is 0 Å². The molecule has 1 aromatic heterocycles. The van der Waals surface area contributed by atoms with Gasteiger partial charge in [0.25, 0.3) is 0 Å². The Bertz CT molecular complexity index is 525. The highest BCUT2D eigenvalue weighted by Gasteiger charge is 2.08. The van der Waals surface area contributed by atoms with Crippen molar-refractivity contribution in [2.45, 2.75) is 4.90 Å². The molecule has 0 atom stereocenters. The Hall–Kier alpha value is -0.500. The van der Waals surface area contributed by atoms with Gasteiger partial charge in [-0.1, -0.05) is 15.9 Å². The topological polar surface area (TPSA) is 23.8 Å². The van der Waals surface area contributed by atoms with Gasteiger partial charge in [0.1, 0.15) is 6.07 Å². The van der Waals surface area contributed by atoms with Crippen molar-refractivity contribution in [2.75, 3.05) is 6.26 Å². The molecular formula is C10H6BrNS2. The minimum absolute atomic E-state index is 0.750. The van der Waals surface area contributed by atoms with Crippen LogP contribution in [0.1, 0.15) is 5.56 Å². The number of thioether (sulfide) groups is 1. The van der Waals surface area contributed by atoms with Crippen LogP contribution in [-0.4, -0.2) is 6.26 Å². The first kappa shape index (κ1) is 10.0. The van der Waals surface area contributed by atoms with Gasteiger partial charge in [-0.3, -0.25) is 0 Å². The highest BCUT2D eigenvalue weighted by molar-refractivity contribution is 9.10. The van der Waals surface area contributed by atoms with E-state index in [1.54, 1.807) is 23.1 Å². The van der Waals surface area contributed by atoms with Crippen molar-refractivity contribution in [3.8, 4) is 6.07 Å². The number of benzene rings is 1. The second kappa shape index (κ2) is 3.93. The molecule has 0 fully saturated rings. The first-order chi connectivity index (χ1) is 6.76. The van der Waals surface area contributed by atoms with E-state index < -0.39 is 0 Å². The van der Waals surface area contributed by atoms with E-state index in [0.29, 0.717) is 0 Å². The molecule has 1 aromatic carbocycles. The molecule has 0 unspecified atom stereocenters. The van der Waals surface area contributed by atoms with Crippen molar-refractivity contribution in [3.63, 3.8) is 0 Å². The fourth-order valence-corrected chi connectivity index (χ4v) is 3.63. The second-order valence-corrected chi connectivity index (χ2v) is 5.39. The molecule has 14 heavy (non-hydrogen) atoms. The highest BCUT2D eigenvalue weighted by atomic mass is 79.9. The fourth-order valence-electron chi connectivity index (χ4n) is 1.32. The lowest BCUT2D eigenvalue weighted by molar-refractivity contribution is 1.50. The monoisotopic (exact) mass is 283 g/mol.